The van der Waals surface area contributed by atoms with Gasteiger partial charge in [0.2, 0.25) is 11.8 Å². The first-order valence-electron chi connectivity index (χ1n) is 9.43. The van der Waals surface area contributed by atoms with Gasteiger partial charge in [0.15, 0.2) is 16.7 Å². The molecule has 2 N–H and O–H groups in total. The predicted molar refractivity (Wildman–Crippen MR) is 125 cm³/mol. The fourth-order valence-electron chi connectivity index (χ4n) is 2.48. The number of aryl methyl sites for hydroxylation is 1. The van der Waals surface area contributed by atoms with E-state index in [0.717, 1.165) is 22.9 Å². The van der Waals surface area contributed by atoms with Crippen LogP contribution in [0.25, 0.3) is 0 Å². The first kappa shape index (κ1) is 23.2. The summed E-state index contributed by atoms with van der Waals surface area (Å²) in [5.41, 5.74) is 1.73. The minimum atomic E-state index is -0.823. The topological polar surface area (TPSA) is 129 Å². The Balaban J connectivity index is 1.65. The molecular formula is C21H19N5O4S2. The van der Waals surface area contributed by atoms with E-state index >= 15 is 0 Å². The molecule has 0 saturated carbocycles. The summed E-state index contributed by atoms with van der Waals surface area (Å²) in [7, 11) is 0. The highest BCUT2D eigenvalue weighted by Crippen LogP contribution is 2.14. The van der Waals surface area contributed by atoms with Crippen molar-refractivity contribution in [3.05, 3.63) is 57.8 Å². The molecule has 1 aromatic heterocycles. The summed E-state index contributed by atoms with van der Waals surface area (Å²) in [6.45, 7) is 3.59. The van der Waals surface area contributed by atoms with E-state index in [9.17, 15) is 19.2 Å². The quantitative estimate of drug-likeness (QED) is 0.693. The third kappa shape index (κ3) is 6.53. The van der Waals surface area contributed by atoms with Crippen LogP contribution in [0.2, 0.25) is 0 Å². The van der Waals surface area contributed by atoms with Crippen LogP contribution < -0.4 is 10.6 Å². The van der Waals surface area contributed by atoms with Gasteiger partial charge in [-0.1, -0.05) is 47.7 Å². The van der Waals surface area contributed by atoms with Gasteiger partial charge in [-0.3, -0.25) is 19.2 Å². The number of rotatable bonds is 5. The van der Waals surface area contributed by atoms with Gasteiger partial charge in [0.25, 0.3) is 5.91 Å². The Hall–Kier alpha value is -3.44. The van der Waals surface area contributed by atoms with E-state index in [1.165, 1.54) is 18.3 Å². The van der Waals surface area contributed by atoms with Crippen LogP contribution in [-0.2, 0) is 20.9 Å². The number of thioether (sulfide) groups is 1. The maximum Gasteiger partial charge on any atom is 0.302 e. The number of amidine groups is 2. The normalized spacial score (nSPS) is 14.6. The highest BCUT2D eigenvalue weighted by atomic mass is 32.2. The smallest absolute Gasteiger partial charge is 0.302 e. The summed E-state index contributed by atoms with van der Waals surface area (Å²) in [5, 5.41) is 6.87. The Kier molecular flexibility index (Phi) is 7.79. The molecule has 1 aromatic carbocycles. The van der Waals surface area contributed by atoms with Gasteiger partial charge < -0.3 is 10.6 Å². The van der Waals surface area contributed by atoms with Crippen molar-refractivity contribution in [1.82, 2.24) is 10.6 Å². The maximum absolute atomic E-state index is 12.5. The molecule has 9 nitrogen and oxygen atoms in total. The molecule has 0 unspecified atom stereocenters. The largest absolute Gasteiger partial charge is 0.351 e. The molecule has 0 saturated heterocycles. The second kappa shape index (κ2) is 10.7. The van der Waals surface area contributed by atoms with Crippen molar-refractivity contribution in [2.45, 2.75) is 20.4 Å². The molecular weight excluding hydrogens is 450 g/mol. The summed E-state index contributed by atoms with van der Waals surface area (Å²) >= 11 is 2.11. The molecule has 32 heavy (non-hydrogen) atoms. The van der Waals surface area contributed by atoms with Gasteiger partial charge in [0.05, 0.1) is 10.6 Å². The number of thiophene rings is 1. The highest BCUT2D eigenvalue weighted by Gasteiger charge is 2.27. The number of hydrogen-bond donors (Lipinski definition) is 2. The average Bonchev–Trinajstić information content (AvgIpc) is 3.29. The zero-order chi connectivity index (χ0) is 23.1. The Bertz CT molecular complexity index is 1140. The third-order valence-electron chi connectivity index (χ3n) is 4.01. The van der Waals surface area contributed by atoms with Gasteiger partial charge in [-0.15, -0.1) is 11.3 Å². The second-order valence-electron chi connectivity index (χ2n) is 6.63. The Labute approximate surface area is 192 Å². The van der Waals surface area contributed by atoms with Crippen molar-refractivity contribution in [3.63, 3.8) is 0 Å². The number of benzene rings is 1. The van der Waals surface area contributed by atoms with Crippen LogP contribution in [0.5, 0.6) is 0 Å². The molecule has 2 aromatic rings. The van der Waals surface area contributed by atoms with Crippen molar-refractivity contribution < 1.29 is 19.2 Å². The van der Waals surface area contributed by atoms with Gasteiger partial charge in [0.1, 0.15) is 0 Å². The molecule has 0 fully saturated rings. The first-order valence-corrected chi connectivity index (χ1v) is 11.3. The van der Waals surface area contributed by atoms with Crippen molar-refractivity contribution in [3.8, 4) is 0 Å². The van der Waals surface area contributed by atoms with Crippen molar-refractivity contribution in [2.24, 2.45) is 15.0 Å². The number of carbonyl (C=O) groups is 4. The van der Waals surface area contributed by atoms with Crippen LogP contribution in [0, 0.1) is 6.92 Å². The standard InChI is InChI=1S/C21H19N5O4S2/c1-12-5-7-14(8-6-12)10-22-16(28)11-32-21-25-18(23-13(2)27)17(20(30)26-21)24-19(29)15-4-3-9-31-15/h3-9H,10-11H2,1-2H3,(H,22,28)(H,23,25,26,27,30). The third-order valence-corrected chi connectivity index (χ3v) is 5.72. The van der Waals surface area contributed by atoms with Crippen LogP contribution in [0.4, 0.5) is 0 Å². The van der Waals surface area contributed by atoms with E-state index < -0.39 is 17.7 Å². The molecule has 0 spiro atoms. The lowest BCUT2D eigenvalue weighted by atomic mass is 10.1. The van der Waals surface area contributed by atoms with Gasteiger partial charge >= 0.3 is 5.91 Å². The van der Waals surface area contributed by atoms with Gasteiger partial charge in [-0.2, -0.15) is 9.98 Å². The lowest BCUT2D eigenvalue weighted by molar-refractivity contribution is -0.119. The molecule has 0 atom stereocenters. The van der Waals surface area contributed by atoms with Gasteiger partial charge in [-0.05, 0) is 23.9 Å². The van der Waals surface area contributed by atoms with E-state index in [-0.39, 0.29) is 28.4 Å². The number of aliphatic imine (C=N–C) groups is 3. The van der Waals surface area contributed by atoms with E-state index in [2.05, 4.69) is 25.6 Å². The molecule has 1 aliphatic heterocycles. The van der Waals surface area contributed by atoms with Crippen molar-refractivity contribution in [2.75, 3.05) is 5.75 Å². The zero-order valence-corrected chi connectivity index (χ0v) is 18.9. The summed E-state index contributed by atoms with van der Waals surface area (Å²) in [4.78, 5) is 60.4. The van der Waals surface area contributed by atoms with E-state index in [0.29, 0.717) is 11.4 Å². The van der Waals surface area contributed by atoms with E-state index in [1.807, 2.05) is 31.2 Å². The fraction of sp³-hybridized carbons (Fsp3) is 0.190. The molecule has 0 bridgehead atoms. The number of carbonyl (C=O) groups excluding carboxylic acids is 4. The van der Waals surface area contributed by atoms with Gasteiger partial charge in [-0.25, -0.2) is 4.99 Å². The molecule has 1 aliphatic rings. The Morgan fingerprint density at radius 2 is 1.88 bits per heavy atom. The van der Waals surface area contributed by atoms with Crippen LogP contribution >= 0.6 is 23.1 Å². The molecule has 0 radical (unpaired) electrons. The fourth-order valence-corrected chi connectivity index (χ4v) is 3.75. The SMILES string of the molecule is CC(=O)NC1=NC(SCC(=O)NCc2ccc(C)cc2)=NC(=O)C1=NC(=O)c1cccs1. The molecule has 164 valence electrons. The Morgan fingerprint density at radius 3 is 2.53 bits per heavy atom. The number of nitrogens with one attached hydrogen (secondary N) is 2. The van der Waals surface area contributed by atoms with Crippen LogP contribution in [0.15, 0.2) is 56.8 Å². The molecule has 3 rings (SSSR count). The lowest BCUT2D eigenvalue weighted by Gasteiger charge is -2.13. The highest BCUT2D eigenvalue weighted by molar-refractivity contribution is 8.14. The van der Waals surface area contributed by atoms with Crippen LogP contribution in [-0.4, -0.2) is 46.1 Å². The molecule has 0 aliphatic carbocycles. The summed E-state index contributed by atoms with van der Waals surface area (Å²) in [6.07, 6.45) is 0. The predicted octanol–water partition coefficient (Wildman–Crippen LogP) is 2.12. The molecule has 11 heteroatoms. The maximum atomic E-state index is 12.5. The first-order chi connectivity index (χ1) is 15.3. The minimum Gasteiger partial charge on any atom is -0.351 e. The number of hydrogen-bond acceptors (Lipinski definition) is 7. The van der Waals surface area contributed by atoms with Crippen LogP contribution in [0.3, 0.4) is 0 Å². The number of amides is 4. The van der Waals surface area contributed by atoms with E-state index in [4.69, 9.17) is 0 Å². The van der Waals surface area contributed by atoms with Crippen molar-refractivity contribution in [1.29, 1.82) is 0 Å². The minimum absolute atomic E-state index is 0.00763. The lowest BCUT2D eigenvalue weighted by Crippen LogP contribution is -2.41. The Morgan fingerprint density at radius 1 is 1.12 bits per heavy atom. The number of nitrogens with zero attached hydrogens (tertiary/aromatic N) is 3. The summed E-state index contributed by atoms with van der Waals surface area (Å²) in [6, 6.07) is 11.0. The molecule has 2 heterocycles. The average molecular weight is 470 g/mol. The molecule has 4 amide bonds. The zero-order valence-electron chi connectivity index (χ0n) is 17.2. The van der Waals surface area contributed by atoms with E-state index in [1.54, 1.807) is 17.5 Å². The monoisotopic (exact) mass is 469 g/mol. The van der Waals surface area contributed by atoms with Crippen molar-refractivity contribution >= 4 is 63.4 Å². The summed E-state index contributed by atoms with van der Waals surface area (Å²) < 4.78 is 0. The second-order valence-corrected chi connectivity index (χ2v) is 8.53. The van der Waals surface area contributed by atoms with Crippen LogP contribution in [0.1, 0.15) is 27.7 Å². The van der Waals surface area contributed by atoms with Gasteiger partial charge in [0, 0.05) is 13.5 Å². The summed E-state index contributed by atoms with van der Waals surface area (Å²) in [5.74, 6) is -2.43.